The van der Waals surface area contributed by atoms with Crippen molar-refractivity contribution < 1.29 is 8.78 Å². The molecule has 0 amide bonds. The van der Waals surface area contributed by atoms with Crippen LogP contribution in [0.25, 0.3) is 0 Å². The number of nitrogens with zero attached hydrogens (tertiary/aromatic N) is 3. The first-order valence-corrected chi connectivity index (χ1v) is 5.23. The first-order chi connectivity index (χ1) is 8.45. The lowest BCUT2D eigenvalue weighted by molar-refractivity contribution is 0.595. The molecule has 0 radical (unpaired) electrons. The van der Waals surface area contributed by atoms with Crippen LogP contribution < -0.4 is 11.1 Å². The van der Waals surface area contributed by atoms with Gasteiger partial charge >= 0.3 is 0 Å². The van der Waals surface area contributed by atoms with Gasteiger partial charge < -0.3 is 11.1 Å². The lowest BCUT2D eigenvalue weighted by Crippen LogP contribution is -2.04. The molecule has 0 aliphatic rings. The van der Waals surface area contributed by atoms with Crippen LogP contribution in [0.4, 0.5) is 26.4 Å². The fourth-order valence-corrected chi connectivity index (χ4v) is 1.45. The molecule has 18 heavy (non-hydrogen) atoms. The zero-order valence-electron chi connectivity index (χ0n) is 9.21. The summed E-state index contributed by atoms with van der Waals surface area (Å²) < 4.78 is 26.9. The zero-order chi connectivity index (χ0) is 13.3. The van der Waals surface area contributed by atoms with E-state index in [1.807, 2.05) is 0 Å². The average Bonchev–Trinajstić information content (AvgIpc) is 2.24. The van der Waals surface area contributed by atoms with Gasteiger partial charge in [-0.3, -0.25) is 0 Å². The molecular weight excluding hydrogens is 264 g/mol. The molecular formula is C10H8ClF2N5. The van der Waals surface area contributed by atoms with Crippen molar-refractivity contribution in [2.45, 2.75) is 6.92 Å². The van der Waals surface area contributed by atoms with E-state index in [0.29, 0.717) is 0 Å². The number of anilines is 3. The molecule has 0 atom stereocenters. The summed E-state index contributed by atoms with van der Waals surface area (Å²) in [6, 6.07) is 2.06. The molecule has 0 aliphatic carbocycles. The highest BCUT2D eigenvalue weighted by Gasteiger charge is 2.10. The molecule has 0 aliphatic heterocycles. The normalized spacial score (nSPS) is 10.4. The van der Waals surface area contributed by atoms with Gasteiger partial charge in [-0.2, -0.15) is 15.0 Å². The number of aromatic nitrogens is 3. The van der Waals surface area contributed by atoms with Crippen LogP contribution in [0.3, 0.4) is 0 Å². The summed E-state index contributed by atoms with van der Waals surface area (Å²) in [5.41, 5.74) is 5.44. The highest BCUT2D eigenvalue weighted by molar-refractivity contribution is 6.28. The van der Waals surface area contributed by atoms with E-state index in [9.17, 15) is 8.78 Å². The van der Waals surface area contributed by atoms with Crippen molar-refractivity contribution in [3.8, 4) is 0 Å². The lowest BCUT2D eigenvalue weighted by atomic mass is 10.2. The Hall–Kier alpha value is -2.02. The number of hydrogen-bond acceptors (Lipinski definition) is 5. The number of nitrogen functional groups attached to an aromatic ring is 1. The standard InChI is InChI=1S/C10H8ClF2N5/c1-4-2-6(13)7(3-5(4)12)15-10-17-8(11)16-9(14)18-10/h2-3H,1H3,(H3,14,15,16,17,18). The van der Waals surface area contributed by atoms with E-state index in [-0.39, 0.29) is 28.4 Å². The van der Waals surface area contributed by atoms with Crippen LogP contribution in [-0.2, 0) is 0 Å². The van der Waals surface area contributed by atoms with Crippen LogP contribution in [0.1, 0.15) is 5.56 Å². The maximum Gasteiger partial charge on any atom is 0.233 e. The lowest BCUT2D eigenvalue weighted by Gasteiger charge is -2.07. The summed E-state index contributed by atoms with van der Waals surface area (Å²) >= 11 is 5.56. The molecule has 8 heteroatoms. The van der Waals surface area contributed by atoms with Crippen LogP contribution in [0.5, 0.6) is 0 Å². The molecule has 0 bridgehead atoms. The van der Waals surface area contributed by atoms with E-state index >= 15 is 0 Å². The zero-order valence-corrected chi connectivity index (χ0v) is 9.96. The summed E-state index contributed by atoms with van der Waals surface area (Å²) in [6.45, 7) is 1.46. The molecule has 2 aromatic rings. The van der Waals surface area contributed by atoms with E-state index in [1.165, 1.54) is 6.92 Å². The Labute approximate surface area is 106 Å². The molecule has 0 unspecified atom stereocenters. The van der Waals surface area contributed by atoms with E-state index in [0.717, 1.165) is 12.1 Å². The quantitative estimate of drug-likeness (QED) is 0.877. The van der Waals surface area contributed by atoms with Crippen molar-refractivity contribution in [2.24, 2.45) is 0 Å². The Kier molecular flexibility index (Phi) is 3.24. The monoisotopic (exact) mass is 271 g/mol. The van der Waals surface area contributed by atoms with E-state index in [4.69, 9.17) is 17.3 Å². The maximum absolute atomic E-state index is 13.6. The van der Waals surface area contributed by atoms with Gasteiger partial charge in [-0.05, 0) is 30.2 Å². The second-order valence-corrected chi connectivity index (χ2v) is 3.83. The number of rotatable bonds is 2. The van der Waals surface area contributed by atoms with Crippen LogP contribution in [0.2, 0.25) is 5.28 Å². The Morgan fingerprint density at radius 2 is 1.89 bits per heavy atom. The largest absolute Gasteiger partial charge is 0.368 e. The molecule has 94 valence electrons. The SMILES string of the molecule is Cc1cc(F)c(Nc2nc(N)nc(Cl)n2)cc1F. The van der Waals surface area contributed by atoms with Crippen LogP contribution in [0, 0.1) is 18.6 Å². The Bertz CT molecular complexity index is 585. The predicted octanol–water partition coefficient (Wildman–Crippen LogP) is 2.44. The second-order valence-electron chi connectivity index (χ2n) is 3.49. The molecule has 1 heterocycles. The maximum atomic E-state index is 13.6. The van der Waals surface area contributed by atoms with Crippen LogP contribution >= 0.6 is 11.6 Å². The van der Waals surface area contributed by atoms with Gasteiger partial charge in [0.2, 0.25) is 17.2 Å². The number of hydrogen-bond donors (Lipinski definition) is 2. The molecule has 0 fully saturated rings. The number of halogens is 3. The number of benzene rings is 1. The van der Waals surface area contributed by atoms with E-state index < -0.39 is 11.6 Å². The van der Waals surface area contributed by atoms with Crippen LogP contribution in [-0.4, -0.2) is 15.0 Å². The topological polar surface area (TPSA) is 76.7 Å². The fraction of sp³-hybridized carbons (Fsp3) is 0.100. The second kappa shape index (κ2) is 4.69. The van der Waals surface area contributed by atoms with Crippen molar-refractivity contribution >= 4 is 29.2 Å². The predicted molar refractivity (Wildman–Crippen MR) is 63.6 cm³/mol. The smallest absolute Gasteiger partial charge is 0.233 e. The van der Waals surface area contributed by atoms with Gasteiger partial charge in [0.25, 0.3) is 0 Å². The van der Waals surface area contributed by atoms with Gasteiger partial charge in [-0.1, -0.05) is 0 Å². The molecule has 0 spiro atoms. The summed E-state index contributed by atoms with van der Waals surface area (Å²) in [6.07, 6.45) is 0. The van der Waals surface area contributed by atoms with E-state index in [2.05, 4.69) is 20.3 Å². The van der Waals surface area contributed by atoms with Crippen molar-refractivity contribution in [3.05, 3.63) is 34.6 Å². The third-order valence-corrected chi connectivity index (χ3v) is 2.29. The highest BCUT2D eigenvalue weighted by Crippen LogP contribution is 2.21. The Morgan fingerprint density at radius 3 is 2.56 bits per heavy atom. The van der Waals surface area contributed by atoms with Crippen molar-refractivity contribution in [1.29, 1.82) is 0 Å². The minimum Gasteiger partial charge on any atom is -0.368 e. The van der Waals surface area contributed by atoms with Crippen LogP contribution in [0.15, 0.2) is 12.1 Å². The van der Waals surface area contributed by atoms with Gasteiger partial charge in [-0.25, -0.2) is 8.78 Å². The average molecular weight is 272 g/mol. The molecule has 3 N–H and O–H groups in total. The number of nitrogens with two attached hydrogens (primary N) is 1. The van der Waals surface area contributed by atoms with Gasteiger partial charge in [0, 0.05) is 6.07 Å². The first kappa shape index (κ1) is 12.4. The third-order valence-electron chi connectivity index (χ3n) is 2.12. The number of nitrogens with one attached hydrogen (secondary N) is 1. The highest BCUT2D eigenvalue weighted by atomic mass is 35.5. The van der Waals surface area contributed by atoms with Gasteiger partial charge in [0.15, 0.2) is 0 Å². The molecule has 5 nitrogen and oxygen atoms in total. The summed E-state index contributed by atoms with van der Waals surface area (Å²) in [4.78, 5) is 10.9. The van der Waals surface area contributed by atoms with Crippen molar-refractivity contribution in [3.63, 3.8) is 0 Å². The van der Waals surface area contributed by atoms with Gasteiger partial charge in [0.1, 0.15) is 11.6 Å². The minimum atomic E-state index is -0.635. The van der Waals surface area contributed by atoms with Crippen molar-refractivity contribution in [2.75, 3.05) is 11.1 Å². The fourth-order valence-electron chi connectivity index (χ4n) is 1.28. The summed E-state index contributed by atoms with van der Waals surface area (Å²) in [5.74, 6) is -1.36. The molecule has 2 rings (SSSR count). The molecule has 0 saturated heterocycles. The summed E-state index contributed by atoms with van der Waals surface area (Å²) in [5, 5.41) is 2.34. The van der Waals surface area contributed by atoms with Crippen molar-refractivity contribution in [1.82, 2.24) is 15.0 Å². The third kappa shape index (κ3) is 2.62. The number of aryl methyl sites for hydroxylation is 1. The summed E-state index contributed by atoms with van der Waals surface area (Å²) in [7, 11) is 0. The van der Waals surface area contributed by atoms with Gasteiger partial charge in [0.05, 0.1) is 5.69 Å². The first-order valence-electron chi connectivity index (χ1n) is 4.85. The minimum absolute atomic E-state index is 0.0605. The van der Waals surface area contributed by atoms with Gasteiger partial charge in [-0.15, -0.1) is 0 Å². The Balaban J connectivity index is 2.36. The molecule has 1 aromatic heterocycles. The molecule has 0 saturated carbocycles. The molecule has 1 aromatic carbocycles. The Morgan fingerprint density at radius 1 is 1.17 bits per heavy atom. The van der Waals surface area contributed by atoms with E-state index in [1.54, 1.807) is 0 Å².